The molecule has 1 aliphatic carbocycles. The van der Waals surface area contributed by atoms with Crippen LogP contribution in [0, 0.1) is 11.3 Å². The zero-order chi connectivity index (χ0) is 32.5. The number of carbonyl (C=O) groups is 2. The molecule has 8 nitrogen and oxygen atoms in total. The van der Waals surface area contributed by atoms with Gasteiger partial charge in [-0.05, 0) is 67.5 Å². The van der Waals surface area contributed by atoms with Gasteiger partial charge < -0.3 is 25.0 Å². The van der Waals surface area contributed by atoms with Crippen LogP contribution in [-0.2, 0) is 24.8 Å². The molecular formula is C35H48Cl2N6O2. The third kappa shape index (κ3) is 7.61. The lowest BCUT2D eigenvalue weighted by Gasteiger charge is -2.36. The molecule has 0 bridgehead atoms. The summed E-state index contributed by atoms with van der Waals surface area (Å²) in [5, 5.41) is 7.42. The van der Waals surface area contributed by atoms with Crippen molar-refractivity contribution in [2.75, 3.05) is 37.6 Å². The minimum atomic E-state index is -0.498. The zero-order valence-electron chi connectivity index (χ0n) is 27.6. The van der Waals surface area contributed by atoms with Crippen molar-refractivity contribution in [3.8, 4) is 0 Å². The van der Waals surface area contributed by atoms with Crippen LogP contribution >= 0.6 is 23.2 Å². The normalized spacial score (nSPS) is 19.6. The molecule has 0 spiro atoms. The van der Waals surface area contributed by atoms with E-state index in [4.69, 9.17) is 28.2 Å². The number of halogens is 2. The Morgan fingerprint density at radius 2 is 1.71 bits per heavy atom. The number of piperazine rings is 1. The standard InChI is InChI=1S/C35H48Cl2N6O2/c1-7-42-14-16-43(17-15-42)29-20-30-28(18-26(29)33(44)39-24-11-8-22(2)9-12-24)40-31(41(30)6)19-25-27(36)13-10-23(32(25)37)21-38-34(45)35(3,4)5/h10,13,18,20,22,24H,7-9,11-12,14-17,19,21H2,1-6H3,(H,38,45)(H,39,44). The Morgan fingerprint density at radius 3 is 2.36 bits per heavy atom. The molecule has 2 fully saturated rings. The Morgan fingerprint density at radius 1 is 1.02 bits per heavy atom. The van der Waals surface area contributed by atoms with Crippen molar-refractivity contribution >= 4 is 51.7 Å². The molecule has 1 aromatic heterocycles. The highest BCUT2D eigenvalue weighted by Gasteiger charge is 2.27. The third-order valence-corrected chi connectivity index (χ3v) is 10.4. The van der Waals surface area contributed by atoms with Crippen molar-refractivity contribution in [1.82, 2.24) is 25.1 Å². The van der Waals surface area contributed by atoms with Crippen molar-refractivity contribution in [2.45, 2.75) is 79.3 Å². The SMILES string of the molecule is CCN1CCN(c2cc3c(cc2C(=O)NC2CCC(C)CC2)nc(Cc2c(Cl)ccc(CNC(=O)C(C)(C)C)c2Cl)n3C)CC1. The minimum absolute atomic E-state index is 0.0207. The van der Waals surface area contributed by atoms with E-state index in [1.54, 1.807) is 0 Å². The third-order valence-electron chi connectivity index (χ3n) is 9.57. The molecule has 1 saturated heterocycles. The van der Waals surface area contributed by atoms with Crippen molar-refractivity contribution < 1.29 is 9.59 Å². The lowest BCUT2D eigenvalue weighted by Crippen LogP contribution is -2.47. The maximum atomic E-state index is 13.9. The first-order chi connectivity index (χ1) is 21.3. The molecule has 2 amide bonds. The molecule has 0 radical (unpaired) electrons. The Bertz CT molecular complexity index is 1550. The molecule has 45 heavy (non-hydrogen) atoms. The number of hydrogen-bond donors (Lipinski definition) is 2. The van der Waals surface area contributed by atoms with Crippen LogP contribution in [0.1, 0.15) is 87.6 Å². The number of amides is 2. The topological polar surface area (TPSA) is 82.5 Å². The summed E-state index contributed by atoms with van der Waals surface area (Å²) >= 11 is 13.6. The van der Waals surface area contributed by atoms with Gasteiger partial charge in [-0.3, -0.25) is 9.59 Å². The van der Waals surface area contributed by atoms with E-state index in [9.17, 15) is 9.59 Å². The van der Waals surface area contributed by atoms with Gasteiger partial charge in [-0.25, -0.2) is 4.98 Å². The Hall–Kier alpha value is -2.81. The van der Waals surface area contributed by atoms with Gasteiger partial charge in [0.15, 0.2) is 0 Å². The van der Waals surface area contributed by atoms with E-state index in [0.717, 1.165) is 98.0 Å². The van der Waals surface area contributed by atoms with Gasteiger partial charge in [-0.15, -0.1) is 0 Å². The van der Waals surface area contributed by atoms with Crippen LogP contribution in [0.25, 0.3) is 11.0 Å². The molecule has 244 valence electrons. The number of aromatic nitrogens is 2. The monoisotopic (exact) mass is 654 g/mol. The molecule has 2 aliphatic rings. The van der Waals surface area contributed by atoms with E-state index in [1.807, 2.05) is 46.0 Å². The summed E-state index contributed by atoms with van der Waals surface area (Å²) in [7, 11) is 2.00. The fourth-order valence-electron chi connectivity index (χ4n) is 6.39. The summed E-state index contributed by atoms with van der Waals surface area (Å²) in [5.74, 6) is 1.45. The first kappa shape index (κ1) is 33.6. The molecule has 2 aromatic carbocycles. The summed E-state index contributed by atoms with van der Waals surface area (Å²) in [6, 6.07) is 7.98. The summed E-state index contributed by atoms with van der Waals surface area (Å²) < 4.78 is 2.08. The maximum absolute atomic E-state index is 13.9. The lowest BCUT2D eigenvalue weighted by atomic mass is 9.87. The summed E-state index contributed by atoms with van der Waals surface area (Å²) in [6.45, 7) is 15.1. The highest BCUT2D eigenvalue weighted by Crippen LogP contribution is 2.34. The van der Waals surface area contributed by atoms with Crippen LogP contribution in [-0.4, -0.2) is 65.0 Å². The number of imidazole rings is 1. The Balaban J connectivity index is 1.46. The smallest absolute Gasteiger partial charge is 0.253 e. The van der Waals surface area contributed by atoms with Gasteiger partial charge >= 0.3 is 0 Å². The highest BCUT2D eigenvalue weighted by molar-refractivity contribution is 6.36. The van der Waals surface area contributed by atoms with Gasteiger partial charge in [-0.1, -0.05) is 63.9 Å². The fourth-order valence-corrected chi connectivity index (χ4v) is 6.97. The number of carbonyl (C=O) groups excluding carboxylic acids is 2. The maximum Gasteiger partial charge on any atom is 0.253 e. The van der Waals surface area contributed by atoms with E-state index in [-0.39, 0.29) is 17.9 Å². The minimum Gasteiger partial charge on any atom is -0.368 e. The average molecular weight is 656 g/mol. The van der Waals surface area contributed by atoms with Crippen molar-refractivity contribution in [1.29, 1.82) is 0 Å². The van der Waals surface area contributed by atoms with Gasteiger partial charge in [-0.2, -0.15) is 0 Å². The van der Waals surface area contributed by atoms with E-state index < -0.39 is 5.41 Å². The highest BCUT2D eigenvalue weighted by atomic mass is 35.5. The van der Waals surface area contributed by atoms with E-state index in [0.29, 0.717) is 28.6 Å². The number of anilines is 1. The van der Waals surface area contributed by atoms with E-state index >= 15 is 0 Å². The summed E-state index contributed by atoms with van der Waals surface area (Å²) in [6.07, 6.45) is 4.75. The van der Waals surface area contributed by atoms with Crippen molar-refractivity contribution in [3.63, 3.8) is 0 Å². The molecule has 1 aliphatic heterocycles. The number of nitrogens with zero attached hydrogens (tertiary/aromatic N) is 4. The molecule has 3 aromatic rings. The van der Waals surface area contributed by atoms with Gasteiger partial charge in [0.25, 0.3) is 5.91 Å². The molecule has 5 rings (SSSR count). The van der Waals surface area contributed by atoms with Crippen LogP contribution in [0.15, 0.2) is 24.3 Å². The quantitative estimate of drug-likeness (QED) is 0.287. The van der Waals surface area contributed by atoms with Crippen LogP contribution in [0.3, 0.4) is 0 Å². The lowest BCUT2D eigenvalue weighted by molar-refractivity contribution is -0.128. The Kier molecular flexibility index (Phi) is 10.4. The number of fused-ring (bicyclic) bond motifs is 1. The van der Waals surface area contributed by atoms with Gasteiger partial charge in [0.2, 0.25) is 5.91 Å². The molecule has 0 unspecified atom stereocenters. The van der Waals surface area contributed by atoms with Crippen LogP contribution in [0.2, 0.25) is 10.0 Å². The molecule has 2 heterocycles. The second-order valence-electron chi connectivity index (χ2n) is 13.9. The molecule has 2 N–H and O–H groups in total. The van der Waals surface area contributed by atoms with Crippen molar-refractivity contribution in [3.05, 3.63) is 56.8 Å². The molecule has 1 saturated carbocycles. The summed E-state index contributed by atoms with van der Waals surface area (Å²) in [5.41, 5.74) is 4.44. The molecule has 10 heteroatoms. The number of aryl methyl sites for hydroxylation is 1. The van der Waals surface area contributed by atoms with Crippen LogP contribution in [0.4, 0.5) is 5.69 Å². The summed E-state index contributed by atoms with van der Waals surface area (Å²) in [4.78, 5) is 36.1. The van der Waals surface area contributed by atoms with Crippen molar-refractivity contribution in [2.24, 2.45) is 18.4 Å². The van der Waals surface area contributed by atoms with Gasteiger partial charge in [0, 0.05) is 62.7 Å². The first-order valence-corrected chi connectivity index (χ1v) is 17.1. The fraction of sp³-hybridized carbons (Fsp3) is 0.571. The van der Waals surface area contributed by atoms with E-state index in [2.05, 4.69) is 44.9 Å². The zero-order valence-corrected chi connectivity index (χ0v) is 29.1. The first-order valence-electron chi connectivity index (χ1n) is 16.4. The number of benzene rings is 2. The molecular weight excluding hydrogens is 607 g/mol. The predicted molar refractivity (Wildman–Crippen MR) is 184 cm³/mol. The number of hydrogen-bond acceptors (Lipinski definition) is 5. The van der Waals surface area contributed by atoms with Gasteiger partial charge in [0.05, 0.1) is 27.3 Å². The number of likely N-dealkylation sites (N-methyl/N-ethyl adjacent to an activating group) is 1. The second-order valence-corrected chi connectivity index (χ2v) is 14.7. The molecule has 0 atom stereocenters. The Labute approximate surface area is 277 Å². The van der Waals surface area contributed by atoms with E-state index in [1.165, 1.54) is 0 Å². The number of rotatable bonds is 8. The largest absolute Gasteiger partial charge is 0.368 e. The number of nitrogens with one attached hydrogen (secondary N) is 2. The average Bonchev–Trinajstić information content (AvgIpc) is 3.32. The van der Waals surface area contributed by atoms with Crippen LogP contribution in [0.5, 0.6) is 0 Å². The predicted octanol–water partition coefficient (Wildman–Crippen LogP) is 6.58. The van der Waals surface area contributed by atoms with Gasteiger partial charge in [0.1, 0.15) is 5.82 Å². The second kappa shape index (κ2) is 13.9. The van der Waals surface area contributed by atoms with Crippen LogP contribution < -0.4 is 15.5 Å².